The van der Waals surface area contributed by atoms with Crippen LogP contribution in [0.25, 0.3) is 0 Å². The molecule has 2 aromatic rings. The predicted octanol–water partition coefficient (Wildman–Crippen LogP) is 3.04. The Labute approximate surface area is 143 Å². The normalized spacial score (nSPS) is 15.7. The number of nitrogens with one attached hydrogen (secondary N) is 1. The number of rotatable bonds is 5. The number of hydrogen-bond acceptors (Lipinski definition) is 3. The Morgan fingerprint density at radius 1 is 0.958 bits per heavy atom. The van der Waals surface area contributed by atoms with Gasteiger partial charge in [0.15, 0.2) is 0 Å². The van der Waals surface area contributed by atoms with Crippen molar-refractivity contribution in [1.82, 2.24) is 10.3 Å². The molecule has 0 aromatic heterocycles. The van der Waals surface area contributed by atoms with Crippen molar-refractivity contribution >= 4 is 11.6 Å². The van der Waals surface area contributed by atoms with Gasteiger partial charge in [0, 0.05) is 11.1 Å². The molecule has 1 saturated heterocycles. The molecule has 0 radical (unpaired) electrons. The first-order valence-electron chi connectivity index (χ1n) is 8.48. The predicted molar refractivity (Wildman–Crippen MR) is 96.9 cm³/mol. The Kier molecular flexibility index (Phi) is 5.39. The summed E-state index contributed by atoms with van der Waals surface area (Å²) in [5, 5.41) is 4.45. The highest BCUT2D eigenvalue weighted by Crippen LogP contribution is 2.13. The van der Waals surface area contributed by atoms with Crippen LogP contribution in [0.15, 0.2) is 65.8 Å². The highest BCUT2D eigenvalue weighted by molar-refractivity contribution is 6.13. The van der Waals surface area contributed by atoms with Gasteiger partial charge in [-0.25, -0.2) is 5.43 Å². The average Bonchev–Trinajstić information content (AvgIpc) is 3.17. The first-order valence-corrected chi connectivity index (χ1v) is 8.48. The number of likely N-dealkylation sites (tertiary alicyclic amines) is 1. The third-order valence-corrected chi connectivity index (χ3v) is 4.44. The van der Waals surface area contributed by atoms with Crippen LogP contribution >= 0.6 is 0 Å². The van der Waals surface area contributed by atoms with E-state index in [4.69, 9.17) is 0 Å². The highest BCUT2D eigenvalue weighted by atomic mass is 16.2. The molecular weight excluding hydrogens is 298 g/mol. The molecule has 0 spiro atoms. The van der Waals surface area contributed by atoms with Gasteiger partial charge >= 0.3 is 0 Å². The van der Waals surface area contributed by atoms with E-state index in [1.165, 1.54) is 12.8 Å². The quantitative estimate of drug-likeness (QED) is 0.679. The topological polar surface area (TPSA) is 44.7 Å². The molecule has 0 saturated carbocycles. The van der Waals surface area contributed by atoms with E-state index in [2.05, 4.69) is 15.4 Å². The summed E-state index contributed by atoms with van der Waals surface area (Å²) in [5.74, 6) is -0.0544. The molecular formula is C20H23N3O. The first kappa shape index (κ1) is 16.4. The maximum atomic E-state index is 12.4. The minimum absolute atomic E-state index is 0.0544. The lowest BCUT2D eigenvalue weighted by atomic mass is 10.0. The van der Waals surface area contributed by atoms with Gasteiger partial charge in [-0.05, 0) is 32.9 Å². The summed E-state index contributed by atoms with van der Waals surface area (Å²) < 4.78 is 0. The number of carbonyl (C=O) groups is 1. The van der Waals surface area contributed by atoms with E-state index in [-0.39, 0.29) is 11.9 Å². The Bertz CT molecular complexity index is 650. The summed E-state index contributed by atoms with van der Waals surface area (Å²) in [5.41, 5.74) is 5.51. The van der Waals surface area contributed by atoms with E-state index in [1.54, 1.807) is 0 Å². The van der Waals surface area contributed by atoms with Crippen molar-refractivity contribution in [3.05, 3.63) is 71.8 Å². The molecule has 1 atom stereocenters. The van der Waals surface area contributed by atoms with Gasteiger partial charge < -0.3 is 0 Å². The van der Waals surface area contributed by atoms with Crippen molar-refractivity contribution in [2.24, 2.45) is 5.10 Å². The van der Waals surface area contributed by atoms with Gasteiger partial charge in [0.25, 0.3) is 5.91 Å². The lowest BCUT2D eigenvalue weighted by Gasteiger charge is -2.21. The Hall–Kier alpha value is -2.46. The molecule has 4 heteroatoms. The number of hydrogen-bond donors (Lipinski definition) is 1. The second-order valence-corrected chi connectivity index (χ2v) is 6.09. The van der Waals surface area contributed by atoms with Crippen LogP contribution < -0.4 is 5.43 Å². The molecule has 1 aliphatic rings. The van der Waals surface area contributed by atoms with Gasteiger partial charge in [-0.1, -0.05) is 60.7 Å². The van der Waals surface area contributed by atoms with E-state index in [0.717, 1.165) is 29.9 Å². The fourth-order valence-electron chi connectivity index (χ4n) is 2.99. The Balaban J connectivity index is 1.80. The third kappa shape index (κ3) is 3.89. The molecule has 3 rings (SSSR count). The van der Waals surface area contributed by atoms with E-state index < -0.39 is 0 Å². The van der Waals surface area contributed by atoms with Crippen molar-refractivity contribution in [2.75, 3.05) is 13.1 Å². The molecule has 1 N–H and O–H groups in total. The summed E-state index contributed by atoms with van der Waals surface area (Å²) in [6.07, 6.45) is 2.33. The van der Waals surface area contributed by atoms with Crippen molar-refractivity contribution in [3.8, 4) is 0 Å². The molecule has 1 aliphatic heterocycles. The van der Waals surface area contributed by atoms with Crippen molar-refractivity contribution in [2.45, 2.75) is 25.8 Å². The number of amides is 1. The second kappa shape index (κ2) is 7.88. The molecule has 0 aliphatic carbocycles. The summed E-state index contributed by atoms with van der Waals surface area (Å²) in [6.45, 7) is 3.92. The van der Waals surface area contributed by atoms with Gasteiger partial charge in [0.05, 0.1) is 11.8 Å². The monoisotopic (exact) mass is 321 g/mol. The SMILES string of the molecule is C[C@@H](C(=O)NN=C(c1ccccc1)c1ccccc1)N1CCCC1. The minimum Gasteiger partial charge on any atom is -0.292 e. The van der Waals surface area contributed by atoms with Crippen LogP contribution in [0.2, 0.25) is 0 Å². The molecule has 2 aromatic carbocycles. The van der Waals surface area contributed by atoms with E-state index in [9.17, 15) is 4.79 Å². The van der Waals surface area contributed by atoms with E-state index in [0.29, 0.717) is 0 Å². The molecule has 1 heterocycles. The fraction of sp³-hybridized carbons (Fsp3) is 0.300. The first-order chi connectivity index (χ1) is 11.8. The highest BCUT2D eigenvalue weighted by Gasteiger charge is 2.23. The molecule has 1 fully saturated rings. The van der Waals surface area contributed by atoms with Crippen LogP contribution in [0.3, 0.4) is 0 Å². The smallest absolute Gasteiger partial charge is 0.257 e. The molecule has 24 heavy (non-hydrogen) atoms. The standard InChI is InChI=1S/C20H23N3O/c1-16(23-14-8-9-15-23)20(24)22-21-19(17-10-4-2-5-11-17)18-12-6-3-7-13-18/h2-7,10-13,16H,8-9,14-15H2,1H3,(H,22,24)/t16-/m0/s1. The van der Waals surface area contributed by atoms with Crippen LogP contribution in [-0.2, 0) is 4.79 Å². The largest absolute Gasteiger partial charge is 0.292 e. The van der Waals surface area contributed by atoms with Crippen LogP contribution in [0.1, 0.15) is 30.9 Å². The summed E-state index contributed by atoms with van der Waals surface area (Å²) in [6, 6.07) is 19.7. The molecule has 124 valence electrons. The van der Waals surface area contributed by atoms with Crippen LogP contribution in [0.5, 0.6) is 0 Å². The zero-order valence-electron chi connectivity index (χ0n) is 14.0. The third-order valence-electron chi connectivity index (χ3n) is 4.44. The molecule has 1 amide bonds. The lowest BCUT2D eigenvalue weighted by Crippen LogP contribution is -2.42. The van der Waals surface area contributed by atoms with Gasteiger partial charge in [-0.3, -0.25) is 9.69 Å². The van der Waals surface area contributed by atoms with E-state index in [1.807, 2.05) is 67.6 Å². The number of carbonyl (C=O) groups excluding carboxylic acids is 1. The summed E-state index contributed by atoms with van der Waals surface area (Å²) >= 11 is 0. The number of nitrogens with zero attached hydrogens (tertiary/aromatic N) is 2. The summed E-state index contributed by atoms with van der Waals surface area (Å²) in [4.78, 5) is 14.6. The Morgan fingerprint density at radius 2 is 1.46 bits per heavy atom. The van der Waals surface area contributed by atoms with Crippen LogP contribution in [-0.4, -0.2) is 35.7 Å². The average molecular weight is 321 g/mol. The number of benzene rings is 2. The van der Waals surface area contributed by atoms with Gasteiger partial charge in [0.2, 0.25) is 0 Å². The Morgan fingerprint density at radius 3 is 1.96 bits per heavy atom. The maximum Gasteiger partial charge on any atom is 0.257 e. The lowest BCUT2D eigenvalue weighted by molar-refractivity contribution is -0.125. The van der Waals surface area contributed by atoms with Crippen molar-refractivity contribution in [3.63, 3.8) is 0 Å². The fourth-order valence-corrected chi connectivity index (χ4v) is 2.99. The van der Waals surface area contributed by atoms with Crippen molar-refractivity contribution in [1.29, 1.82) is 0 Å². The summed E-state index contributed by atoms with van der Waals surface area (Å²) in [7, 11) is 0. The van der Waals surface area contributed by atoms with Gasteiger partial charge in [0.1, 0.15) is 0 Å². The van der Waals surface area contributed by atoms with Crippen molar-refractivity contribution < 1.29 is 4.79 Å². The molecule has 0 unspecified atom stereocenters. The van der Waals surface area contributed by atoms with Crippen LogP contribution in [0.4, 0.5) is 0 Å². The second-order valence-electron chi connectivity index (χ2n) is 6.09. The minimum atomic E-state index is -0.149. The van der Waals surface area contributed by atoms with Gasteiger partial charge in [-0.2, -0.15) is 5.10 Å². The van der Waals surface area contributed by atoms with Crippen LogP contribution in [0, 0.1) is 0 Å². The zero-order chi connectivity index (χ0) is 16.8. The zero-order valence-corrected chi connectivity index (χ0v) is 14.0. The molecule has 4 nitrogen and oxygen atoms in total. The van der Waals surface area contributed by atoms with Gasteiger partial charge in [-0.15, -0.1) is 0 Å². The molecule has 0 bridgehead atoms. The maximum absolute atomic E-state index is 12.4. The number of hydrazone groups is 1. The van der Waals surface area contributed by atoms with E-state index >= 15 is 0 Å².